The van der Waals surface area contributed by atoms with Crippen LogP contribution in [0, 0.1) is 5.82 Å². The fourth-order valence-electron chi connectivity index (χ4n) is 2.21. The predicted octanol–water partition coefficient (Wildman–Crippen LogP) is 2.60. The third-order valence-corrected chi connectivity index (χ3v) is 3.37. The highest BCUT2D eigenvalue weighted by atomic mass is 19.1. The Morgan fingerprint density at radius 1 is 1.12 bits per heavy atom. The van der Waals surface area contributed by atoms with Crippen LogP contribution >= 0.6 is 0 Å². The third kappa shape index (κ3) is 4.87. The molecule has 1 N–H and O–H groups in total. The van der Waals surface area contributed by atoms with Gasteiger partial charge in [-0.3, -0.25) is 9.59 Å². The van der Waals surface area contributed by atoms with Gasteiger partial charge in [-0.2, -0.15) is 0 Å². The fourth-order valence-corrected chi connectivity index (χ4v) is 2.21. The number of hydrogen-bond donors (Lipinski definition) is 1. The lowest BCUT2D eigenvalue weighted by molar-refractivity contribution is -0.120. The van der Waals surface area contributed by atoms with Crippen LogP contribution in [0.1, 0.15) is 17.3 Å². The van der Waals surface area contributed by atoms with E-state index in [-0.39, 0.29) is 17.8 Å². The van der Waals surface area contributed by atoms with Gasteiger partial charge in [0.1, 0.15) is 12.4 Å². The van der Waals surface area contributed by atoms with Crippen LogP contribution in [0.3, 0.4) is 0 Å². The smallest absolute Gasteiger partial charge is 0.337 e. The zero-order chi connectivity index (χ0) is 18.4. The summed E-state index contributed by atoms with van der Waals surface area (Å²) in [5, 5.41) is 2.60. The highest BCUT2D eigenvalue weighted by Gasteiger charge is 2.17. The SMILES string of the molecule is COC(=O)c1cccc(NC(=O)CN(C(C)=O)c2cccc(F)c2)c1. The van der Waals surface area contributed by atoms with Gasteiger partial charge in [0.25, 0.3) is 0 Å². The first-order valence-electron chi connectivity index (χ1n) is 7.42. The van der Waals surface area contributed by atoms with Gasteiger partial charge < -0.3 is 15.0 Å². The molecule has 6 nitrogen and oxygen atoms in total. The molecule has 7 heteroatoms. The number of carbonyl (C=O) groups excluding carboxylic acids is 3. The van der Waals surface area contributed by atoms with Gasteiger partial charge in [0.05, 0.1) is 12.7 Å². The molecule has 0 aliphatic rings. The van der Waals surface area contributed by atoms with E-state index in [9.17, 15) is 18.8 Å². The Morgan fingerprint density at radius 3 is 2.48 bits per heavy atom. The minimum atomic E-state index is -0.527. The van der Waals surface area contributed by atoms with Gasteiger partial charge in [0.2, 0.25) is 11.8 Å². The Balaban J connectivity index is 2.12. The standard InChI is InChI=1S/C18H17FN2O4/c1-12(22)21(16-8-4-6-14(19)10-16)11-17(23)20-15-7-3-5-13(9-15)18(24)25-2/h3-10H,11H2,1-2H3,(H,20,23). The summed E-state index contributed by atoms with van der Waals surface area (Å²) in [7, 11) is 1.26. The molecule has 0 aromatic heterocycles. The number of anilines is 2. The molecule has 0 aliphatic heterocycles. The van der Waals surface area contributed by atoms with Crippen molar-refractivity contribution in [1.82, 2.24) is 0 Å². The Hall–Kier alpha value is -3.22. The normalized spacial score (nSPS) is 10.0. The first-order chi connectivity index (χ1) is 11.9. The molecule has 0 heterocycles. The number of nitrogens with zero attached hydrogens (tertiary/aromatic N) is 1. The molecule has 0 atom stereocenters. The quantitative estimate of drug-likeness (QED) is 0.846. The average Bonchev–Trinajstić information content (AvgIpc) is 2.59. The number of ether oxygens (including phenoxy) is 1. The van der Waals surface area contributed by atoms with E-state index in [2.05, 4.69) is 10.1 Å². The Labute approximate surface area is 144 Å². The zero-order valence-electron chi connectivity index (χ0n) is 13.8. The summed E-state index contributed by atoms with van der Waals surface area (Å²) in [5.41, 5.74) is 0.954. The lowest BCUT2D eigenvalue weighted by Gasteiger charge is -2.20. The molecule has 130 valence electrons. The van der Waals surface area contributed by atoms with Crippen LogP contribution in [0.4, 0.5) is 15.8 Å². The van der Waals surface area contributed by atoms with Crippen LogP contribution in [0.2, 0.25) is 0 Å². The summed E-state index contributed by atoms with van der Waals surface area (Å²) in [5.74, 6) is -1.92. The number of nitrogens with one attached hydrogen (secondary N) is 1. The number of amides is 2. The molecule has 0 saturated heterocycles. The van der Waals surface area contributed by atoms with E-state index >= 15 is 0 Å². The molecule has 0 bridgehead atoms. The van der Waals surface area contributed by atoms with E-state index in [1.54, 1.807) is 18.2 Å². The van der Waals surface area contributed by atoms with Crippen LogP contribution in [0.5, 0.6) is 0 Å². The average molecular weight is 344 g/mol. The minimum absolute atomic E-state index is 0.283. The van der Waals surface area contributed by atoms with E-state index in [0.717, 1.165) is 4.90 Å². The van der Waals surface area contributed by atoms with E-state index in [0.29, 0.717) is 5.69 Å². The first kappa shape index (κ1) is 18.1. The summed E-state index contributed by atoms with van der Waals surface area (Å²) in [6.45, 7) is 0.997. The van der Waals surface area contributed by atoms with Crippen molar-refractivity contribution < 1.29 is 23.5 Å². The highest BCUT2D eigenvalue weighted by molar-refractivity contribution is 6.02. The van der Waals surface area contributed by atoms with Gasteiger partial charge in [-0.25, -0.2) is 9.18 Å². The molecule has 0 fully saturated rings. The van der Waals surface area contributed by atoms with E-state index < -0.39 is 23.6 Å². The van der Waals surface area contributed by atoms with E-state index in [1.165, 1.54) is 44.4 Å². The molecular weight excluding hydrogens is 327 g/mol. The van der Waals surface area contributed by atoms with Crippen molar-refractivity contribution in [3.8, 4) is 0 Å². The summed E-state index contributed by atoms with van der Waals surface area (Å²) in [4.78, 5) is 36.7. The second-order valence-corrected chi connectivity index (χ2v) is 5.21. The molecule has 0 radical (unpaired) electrons. The van der Waals surface area contributed by atoms with E-state index in [4.69, 9.17) is 0 Å². The number of hydrogen-bond acceptors (Lipinski definition) is 4. The number of benzene rings is 2. The predicted molar refractivity (Wildman–Crippen MR) is 90.8 cm³/mol. The number of carbonyl (C=O) groups is 3. The van der Waals surface area contributed by atoms with Crippen LogP contribution in [0.25, 0.3) is 0 Å². The molecule has 25 heavy (non-hydrogen) atoms. The van der Waals surface area contributed by atoms with Crippen molar-refractivity contribution in [3.63, 3.8) is 0 Å². The molecule has 0 saturated carbocycles. The topological polar surface area (TPSA) is 75.7 Å². The highest BCUT2D eigenvalue weighted by Crippen LogP contribution is 2.16. The van der Waals surface area contributed by atoms with Crippen LogP contribution in [0.15, 0.2) is 48.5 Å². The molecule has 2 aromatic rings. The van der Waals surface area contributed by atoms with Gasteiger partial charge in [-0.1, -0.05) is 12.1 Å². The maximum Gasteiger partial charge on any atom is 0.337 e. The molecule has 2 aromatic carbocycles. The molecule has 0 unspecified atom stereocenters. The zero-order valence-corrected chi connectivity index (χ0v) is 13.8. The monoisotopic (exact) mass is 344 g/mol. The van der Waals surface area contributed by atoms with Crippen LogP contribution in [-0.2, 0) is 14.3 Å². The maximum absolute atomic E-state index is 13.3. The third-order valence-electron chi connectivity index (χ3n) is 3.37. The minimum Gasteiger partial charge on any atom is -0.465 e. The molecule has 2 rings (SSSR count). The van der Waals surface area contributed by atoms with Crippen molar-refractivity contribution in [2.45, 2.75) is 6.92 Å². The van der Waals surface area contributed by atoms with Crippen molar-refractivity contribution >= 4 is 29.2 Å². The number of rotatable bonds is 5. The van der Waals surface area contributed by atoms with Gasteiger partial charge in [-0.05, 0) is 36.4 Å². The van der Waals surface area contributed by atoms with Gasteiger partial charge in [0.15, 0.2) is 0 Å². The van der Waals surface area contributed by atoms with Crippen molar-refractivity contribution in [2.75, 3.05) is 23.9 Å². The molecule has 0 aliphatic carbocycles. The molecular formula is C18H17FN2O4. The summed E-state index contributed by atoms with van der Waals surface area (Å²) >= 11 is 0. The van der Waals surface area contributed by atoms with Crippen molar-refractivity contribution in [3.05, 3.63) is 59.9 Å². The number of esters is 1. The number of methoxy groups -OCH3 is 1. The Kier molecular flexibility index (Phi) is 5.84. The second kappa shape index (κ2) is 8.05. The van der Waals surface area contributed by atoms with Crippen LogP contribution in [-0.4, -0.2) is 31.4 Å². The lowest BCUT2D eigenvalue weighted by Crippen LogP contribution is -2.36. The second-order valence-electron chi connectivity index (χ2n) is 5.21. The van der Waals surface area contributed by atoms with Crippen molar-refractivity contribution in [2.24, 2.45) is 0 Å². The molecule has 2 amide bonds. The van der Waals surface area contributed by atoms with Gasteiger partial charge in [-0.15, -0.1) is 0 Å². The van der Waals surface area contributed by atoms with Gasteiger partial charge in [0, 0.05) is 18.3 Å². The Morgan fingerprint density at radius 2 is 1.84 bits per heavy atom. The van der Waals surface area contributed by atoms with E-state index in [1.807, 2.05) is 0 Å². The lowest BCUT2D eigenvalue weighted by atomic mass is 10.2. The van der Waals surface area contributed by atoms with Gasteiger partial charge >= 0.3 is 5.97 Å². The maximum atomic E-state index is 13.3. The molecule has 0 spiro atoms. The summed E-state index contributed by atoms with van der Waals surface area (Å²) in [6.07, 6.45) is 0. The summed E-state index contributed by atoms with van der Waals surface area (Å²) < 4.78 is 18.0. The Bertz CT molecular complexity index is 807. The van der Waals surface area contributed by atoms with Crippen LogP contribution < -0.4 is 10.2 Å². The largest absolute Gasteiger partial charge is 0.465 e. The number of halogens is 1. The fraction of sp³-hybridized carbons (Fsp3) is 0.167. The first-order valence-corrected chi connectivity index (χ1v) is 7.42. The van der Waals surface area contributed by atoms with Crippen molar-refractivity contribution in [1.29, 1.82) is 0 Å². The summed E-state index contributed by atoms with van der Waals surface area (Å²) in [6, 6.07) is 11.6.